The van der Waals surface area contributed by atoms with E-state index in [9.17, 15) is 9.18 Å². The van der Waals surface area contributed by atoms with Gasteiger partial charge in [-0.05, 0) is 42.8 Å². The highest BCUT2D eigenvalue weighted by atomic mass is 19.1. The first-order valence-electron chi connectivity index (χ1n) is 6.65. The largest absolute Gasteiger partial charge is 0.484 e. The van der Waals surface area contributed by atoms with E-state index in [-0.39, 0.29) is 12.3 Å². The number of para-hydroxylation sites is 1. The Kier molecular flexibility index (Phi) is 5.29. The molecular weight excluding hydrogens is 271 g/mol. The van der Waals surface area contributed by atoms with Crippen LogP contribution in [0.3, 0.4) is 0 Å². The summed E-state index contributed by atoms with van der Waals surface area (Å²) < 4.78 is 18.8. The van der Waals surface area contributed by atoms with Crippen LogP contribution in [0.4, 0.5) is 10.1 Å². The minimum Gasteiger partial charge on any atom is -0.484 e. The third-order valence-corrected chi connectivity index (χ3v) is 2.85. The number of halogens is 1. The molecule has 0 fully saturated rings. The van der Waals surface area contributed by atoms with Gasteiger partial charge in [0.1, 0.15) is 11.6 Å². The predicted molar refractivity (Wildman–Crippen MR) is 79.7 cm³/mol. The molecule has 1 amide bonds. The highest BCUT2D eigenvalue weighted by molar-refractivity contribution is 5.91. The van der Waals surface area contributed by atoms with Crippen molar-refractivity contribution in [3.05, 3.63) is 59.9 Å². The Hall–Kier alpha value is -2.40. The maximum atomic E-state index is 13.4. The van der Waals surface area contributed by atoms with Gasteiger partial charge in [-0.15, -0.1) is 0 Å². The molecule has 0 spiro atoms. The number of carbonyl (C=O) groups is 1. The number of hydrogen-bond acceptors (Lipinski definition) is 3. The maximum absolute atomic E-state index is 13.4. The summed E-state index contributed by atoms with van der Waals surface area (Å²) in [5, 5.41) is 2.46. The first-order valence-corrected chi connectivity index (χ1v) is 6.65. The van der Waals surface area contributed by atoms with E-state index in [1.54, 1.807) is 18.2 Å². The highest BCUT2D eigenvalue weighted by Crippen LogP contribution is 2.15. The van der Waals surface area contributed by atoms with Gasteiger partial charge in [0.25, 0.3) is 5.91 Å². The fraction of sp³-hybridized carbons (Fsp3) is 0.188. The molecule has 0 aliphatic heterocycles. The van der Waals surface area contributed by atoms with Crippen molar-refractivity contribution in [2.45, 2.75) is 6.42 Å². The lowest BCUT2D eigenvalue weighted by Crippen LogP contribution is -2.20. The molecule has 0 radical (unpaired) electrons. The van der Waals surface area contributed by atoms with E-state index >= 15 is 0 Å². The normalized spacial score (nSPS) is 10.2. The van der Waals surface area contributed by atoms with Crippen molar-refractivity contribution in [1.82, 2.24) is 0 Å². The Labute approximate surface area is 122 Å². The molecule has 21 heavy (non-hydrogen) atoms. The Morgan fingerprint density at radius 1 is 1.19 bits per heavy atom. The molecule has 0 aliphatic rings. The summed E-state index contributed by atoms with van der Waals surface area (Å²) in [5.41, 5.74) is 6.68. The van der Waals surface area contributed by atoms with Crippen molar-refractivity contribution >= 4 is 11.6 Å². The van der Waals surface area contributed by atoms with Crippen LogP contribution in [-0.4, -0.2) is 19.1 Å². The van der Waals surface area contributed by atoms with Gasteiger partial charge < -0.3 is 15.8 Å². The second kappa shape index (κ2) is 7.40. The molecule has 4 nitrogen and oxygen atoms in total. The average molecular weight is 288 g/mol. The van der Waals surface area contributed by atoms with E-state index in [0.29, 0.717) is 12.3 Å². The number of hydrogen-bond donors (Lipinski definition) is 2. The van der Waals surface area contributed by atoms with E-state index < -0.39 is 11.7 Å². The van der Waals surface area contributed by atoms with Crippen LogP contribution in [0.5, 0.6) is 5.75 Å². The molecule has 2 aromatic carbocycles. The van der Waals surface area contributed by atoms with Gasteiger partial charge in [-0.3, -0.25) is 4.79 Å². The summed E-state index contributed by atoms with van der Waals surface area (Å²) in [6.07, 6.45) is 0.749. The van der Waals surface area contributed by atoms with Crippen LogP contribution < -0.4 is 15.8 Å². The first-order chi connectivity index (χ1) is 10.2. The topological polar surface area (TPSA) is 64.3 Å². The monoisotopic (exact) mass is 288 g/mol. The minimum absolute atomic E-state index is 0.142. The molecule has 0 heterocycles. The number of nitrogens with two attached hydrogens (primary N) is 1. The quantitative estimate of drug-likeness (QED) is 0.857. The van der Waals surface area contributed by atoms with Crippen molar-refractivity contribution in [2.75, 3.05) is 18.5 Å². The van der Waals surface area contributed by atoms with E-state index in [4.69, 9.17) is 10.5 Å². The number of rotatable bonds is 6. The number of nitrogens with one attached hydrogen (secondary N) is 1. The molecule has 3 N–H and O–H groups in total. The van der Waals surface area contributed by atoms with E-state index in [0.717, 1.165) is 12.0 Å². The van der Waals surface area contributed by atoms with Crippen molar-refractivity contribution in [2.24, 2.45) is 5.73 Å². The summed E-state index contributed by atoms with van der Waals surface area (Å²) in [7, 11) is 0. The molecule has 0 unspecified atom stereocenters. The molecule has 0 atom stereocenters. The van der Waals surface area contributed by atoms with Crippen molar-refractivity contribution < 1.29 is 13.9 Å². The fourth-order valence-corrected chi connectivity index (χ4v) is 1.86. The maximum Gasteiger partial charge on any atom is 0.262 e. The average Bonchev–Trinajstić information content (AvgIpc) is 2.48. The fourth-order valence-electron chi connectivity index (χ4n) is 1.86. The molecular formula is C16H17FN2O2. The molecule has 0 saturated carbocycles. The van der Waals surface area contributed by atoms with Crippen molar-refractivity contribution in [3.63, 3.8) is 0 Å². The zero-order valence-electron chi connectivity index (χ0n) is 11.5. The molecule has 2 rings (SSSR count). The summed E-state index contributed by atoms with van der Waals surface area (Å²) in [6.45, 7) is 0.373. The molecule has 0 saturated heterocycles. The summed E-state index contributed by atoms with van der Waals surface area (Å²) in [4.78, 5) is 11.7. The second-order valence-corrected chi connectivity index (χ2v) is 4.50. The molecule has 110 valence electrons. The lowest BCUT2D eigenvalue weighted by molar-refractivity contribution is -0.118. The van der Waals surface area contributed by atoms with Crippen LogP contribution >= 0.6 is 0 Å². The standard InChI is InChI=1S/C16H17FN2O2/c17-14-6-1-2-7-15(14)19-16(20)11-21-13-5-3-4-12(10-13)8-9-18/h1-7,10H,8-9,11,18H2,(H,19,20). The zero-order valence-corrected chi connectivity index (χ0v) is 11.5. The van der Waals surface area contributed by atoms with E-state index in [2.05, 4.69) is 5.32 Å². The summed E-state index contributed by atoms with van der Waals surface area (Å²) in [6, 6.07) is 13.4. The van der Waals surface area contributed by atoms with Crippen LogP contribution in [0.1, 0.15) is 5.56 Å². The van der Waals surface area contributed by atoms with Crippen LogP contribution in [0.2, 0.25) is 0 Å². The van der Waals surface area contributed by atoms with Crippen molar-refractivity contribution in [1.29, 1.82) is 0 Å². The number of benzene rings is 2. The Morgan fingerprint density at radius 3 is 2.76 bits per heavy atom. The van der Waals surface area contributed by atoms with Crippen molar-refractivity contribution in [3.8, 4) is 5.75 Å². The number of ether oxygens (including phenoxy) is 1. The van der Waals surface area contributed by atoms with Crippen LogP contribution in [-0.2, 0) is 11.2 Å². The third kappa shape index (κ3) is 4.57. The summed E-state index contributed by atoms with van der Waals surface area (Å²) in [5.74, 6) is -0.301. The van der Waals surface area contributed by atoms with Crippen LogP contribution in [0.15, 0.2) is 48.5 Å². The SMILES string of the molecule is NCCc1cccc(OCC(=O)Nc2ccccc2F)c1. The van der Waals surface area contributed by atoms with Gasteiger partial charge in [-0.2, -0.15) is 0 Å². The van der Waals surface area contributed by atoms with Crippen LogP contribution in [0, 0.1) is 5.82 Å². The molecule has 5 heteroatoms. The predicted octanol–water partition coefficient (Wildman–Crippen LogP) is 2.34. The lowest BCUT2D eigenvalue weighted by atomic mass is 10.1. The van der Waals surface area contributed by atoms with E-state index in [1.165, 1.54) is 12.1 Å². The van der Waals surface area contributed by atoms with Gasteiger partial charge in [0, 0.05) is 0 Å². The second-order valence-electron chi connectivity index (χ2n) is 4.50. The molecule has 0 aliphatic carbocycles. The van der Waals surface area contributed by atoms with E-state index in [1.807, 2.05) is 18.2 Å². The number of carbonyl (C=O) groups excluding carboxylic acids is 1. The zero-order chi connectivity index (χ0) is 15.1. The van der Waals surface area contributed by atoms with Gasteiger partial charge in [0.2, 0.25) is 0 Å². The van der Waals surface area contributed by atoms with Gasteiger partial charge >= 0.3 is 0 Å². The minimum atomic E-state index is -0.476. The molecule has 0 aromatic heterocycles. The van der Waals surface area contributed by atoms with Gasteiger partial charge in [-0.25, -0.2) is 4.39 Å². The van der Waals surface area contributed by atoms with Gasteiger partial charge in [0.05, 0.1) is 5.69 Å². The number of anilines is 1. The smallest absolute Gasteiger partial charge is 0.262 e. The first kappa shape index (κ1) is 15.0. The third-order valence-electron chi connectivity index (χ3n) is 2.85. The number of amides is 1. The Balaban J connectivity index is 1.89. The van der Waals surface area contributed by atoms with Gasteiger partial charge in [0.15, 0.2) is 6.61 Å². The Bertz CT molecular complexity index is 617. The molecule has 2 aromatic rings. The Morgan fingerprint density at radius 2 is 2.00 bits per heavy atom. The summed E-state index contributed by atoms with van der Waals surface area (Å²) >= 11 is 0. The molecule has 0 bridgehead atoms. The van der Waals surface area contributed by atoms with Crippen LogP contribution in [0.25, 0.3) is 0 Å². The highest BCUT2D eigenvalue weighted by Gasteiger charge is 2.07. The lowest BCUT2D eigenvalue weighted by Gasteiger charge is -2.09. The van der Waals surface area contributed by atoms with Gasteiger partial charge in [-0.1, -0.05) is 24.3 Å².